The molecule has 2 rings (SSSR count). The van der Waals surface area contributed by atoms with Gasteiger partial charge in [0.2, 0.25) is 0 Å². The Balaban J connectivity index is 2.20. The molecule has 0 saturated carbocycles. The molecule has 1 aromatic heterocycles. The number of amides is 1. The highest BCUT2D eigenvalue weighted by Gasteiger charge is 2.43. The second kappa shape index (κ2) is 6.18. The van der Waals surface area contributed by atoms with Crippen LogP contribution in [0.1, 0.15) is 52.7 Å². The van der Waals surface area contributed by atoms with E-state index in [-0.39, 0.29) is 5.91 Å². The van der Waals surface area contributed by atoms with Crippen LogP contribution in [-0.4, -0.2) is 35.0 Å². The number of rotatable bonds is 4. The molecule has 0 bridgehead atoms. The molecule has 1 saturated heterocycles. The van der Waals surface area contributed by atoms with Gasteiger partial charge >= 0.3 is 5.97 Å². The van der Waals surface area contributed by atoms with Crippen molar-refractivity contribution in [2.45, 2.75) is 46.5 Å². The van der Waals surface area contributed by atoms with Gasteiger partial charge in [-0.25, -0.2) is 0 Å². The van der Waals surface area contributed by atoms with Crippen LogP contribution in [0.2, 0.25) is 0 Å². The number of thiophene rings is 1. The third-order valence-corrected chi connectivity index (χ3v) is 5.56. The van der Waals surface area contributed by atoms with Gasteiger partial charge in [0.15, 0.2) is 0 Å². The van der Waals surface area contributed by atoms with Gasteiger partial charge in [0.25, 0.3) is 5.91 Å². The molecule has 1 aliphatic heterocycles. The molecule has 1 fully saturated rings. The van der Waals surface area contributed by atoms with Crippen molar-refractivity contribution in [3.63, 3.8) is 0 Å². The molecule has 0 spiro atoms. The second-order valence-corrected chi connectivity index (χ2v) is 7.27. The van der Waals surface area contributed by atoms with Crippen LogP contribution in [0.3, 0.4) is 0 Å². The van der Waals surface area contributed by atoms with Gasteiger partial charge in [0.05, 0.1) is 10.3 Å². The molecule has 4 nitrogen and oxygen atoms in total. The van der Waals surface area contributed by atoms with Crippen LogP contribution in [0.5, 0.6) is 0 Å². The highest BCUT2D eigenvalue weighted by Crippen LogP contribution is 2.36. The predicted octanol–water partition coefficient (Wildman–Crippen LogP) is 3.47. The average Bonchev–Trinajstić information content (AvgIpc) is 2.78. The van der Waals surface area contributed by atoms with E-state index in [1.165, 1.54) is 11.3 Å². The maximum Gasteiger partial charge on any atom is 0.311 e. The first-order valence-electron chi connectivity index (χ1n) is 7.49. The Morgan fingerprint density at radius 2 is 2.14 bits per heavy atom. The number of aryl methyl sites for hydroxylation is 2. The minimum absolute atomic E-state index is 0.0161. The van der Waals surface area contributed by atoms with Crippen LogP contribution in [0.4, 0.5) is 0 Å². The van der Waals surface area contributed by atoms with Crippen LogP contribution in [0.15, 0.2) is 6.07 Å². The average molecular weight is 309 g/mol. The Labute approximate surface area is 129 Å². The van der Waals surface area contributed by atoms with E-state index in [2.05, 4.69) is 0 Å². The van der Waals surface area contributed by atoms with Crippen molar-refractivity contribution in [1.82, 2.24) is 4.90 Å². The van der Waals surface area contributed by atoms with Crippen LogP contribution < -0.4 is 0 Å². The normalized spacial score (nSPS) is 22.3. The maximum atomic E-state index is 12.6. The van der Waals surface area contributed by atoms with E-state index < -0.39 is 11.4 Å². The SMILES string of the molecule is CCCC1(C(=O)O)CCCN(C(=O)c2cc(C)c(C)s2)C1. The highest BCUT2D eigenvalue weighted by molar-refractivity contribution is 7.14. The van der Waals surface area contributed by atoms with E-state index in [0.717, 1.165) is 28.2 Å². The first kappa shape index (κ1) is 16.0. The molecule has 1 aromatic rings. The van der Waals surface area contributed by atoms with Crippen LogP contribution in [0, 0.1) is 19.3 Å². The zero-order valence-corrected chi connectivity index (χ0v) is 13.8. The standard InChI is InChI=1S/C16H23NO3S/c1-4-6-16(15(19)20)7-5-8-17(10-16)14(18)13-9-11(2)12(3)21-13/h9H,4-8,10H2,1-3H3,(H,19,20). The fourth-order valence-electron chi connectivity index (χ4n) is 3.10. The van der Waals surface area contributed by atoms with Gasteiger partial charge in [-0.2, -0.15) is 0 Å². The summed E-state index contributed by atoms with van der Waals surface area (Å²) in [6, 6.07) is 1.92. The number of carboxylic acids is 1. The fourth-order valence-corrected chi connectivity index (χ4v) is 4.11. The van der Waals surface area contributed by atoms with Gasteiger partial charge in [0, 0.05) is 18.0 Å². The fraction of sp³-hybridized carbons (Fsp3) is 0.625. The van der Waals surface area contributed by atoms with E-state index in [4.69, 9.17) is 0 Å². The van der Waals surface area contributed by atoms with Gasteiger partial charge in [0.1, 0.15) is 0 Å². The lowest BCUT2D eigenvalue weighted by atomic mass is 9.76. The molecule has 0 aliphatic carbocycles. The summed E-state index contributed by atoms with van der Waals surface area (Å²) in [4.78, 5) is 27.9. The zero-order valence-electron chi connectivity index (χ0n) is 12.9. The van der Waals surface area contributed by atoms with Crippen LogP contribution >= 0.6 is 11.3 Å². The van der Waals surface area contributed by atoms with Crippen molar-refractivity contribution < 1.29 is 14.7 Å². The van der Waals surface area contributed by atoms with Crippen molar-refractivity contribution in [2.24, 2.45) is 5.41 Å². The van der Waals surface area contributed by atoms with Gasteiger partial charge in [-0.05, 0) is 44.7 Å². The van der Waals surface area contributed by atoms with Gasteiger partial charge in [-0.3, -0.25) is 9.59 Å². The number of hydrogen-bond acceptors (Lipinski definition) is 3. The predicted molar refractivity (Wildman–Crippen MR) is 83.9 cm³/mol. The summed E-state index contributed by atoms with van der Waals surface area (Å²) in [5.74, 6) is -0.780. The summed E-state index contributed by atoms with van der Waals surface area (Å²) >= 11 is 1.50. The summed E-state index contributed by atoms with van der Waals surface area (Å²) in [7, 11) is 0. The Morgan fingerprint density at radius 3 is 2.67 bits per heavy atom. The number of carbonyl (C=O) groups is 2. The Morgan fingerprint density at radius 1 is 1.43 bits per heavy atom. The molecule has 1 aliphatic rings. The third-order valence-electron chi connectivity index (χ3n) is 4.42. The summed E-state index contributed by atoms with van der Waals surface area (Å²) in [5, 5.41) is 9.60. The highest BCUT2D eigenvalue weighted by atomic mass is 32.1. The summed E-state index contributed by atoms with van der Waals surface area (Å²) in [5.41, 5.74) is 0.364. The molecule has 5 heteroatoms. The van der Waals surface area contributed by atoms with Gasteiger partial charge in [-0.15, -0.1) is 11.3 Å². The monoisotopic (exact) mass is 309 g/mol. The van der Waals surface area contributed by atoms with E-state index in [1.54, 1.807) is 4.90 Å². The molecule has 1 atom stereocenters. The molecule has 0 aromatic carbocycles. The van der Waals surface area contributed by atoms with E-state index in [9.17, 15) is 14.7 Å². The minimum atomic E-state index is -0.764. The lowest BCUT2D eigenvalue weighted by Crippen LogP contribution is -2.49. The van der Waals surface area contributed by atoms with E-state index in [1.807, 2.05) is 26.8 Å². The Kier molecular flexibility index (Phi) is 4.71. The maximum absolute atomic E-state index is 12.6. The quantitative estimate of drug-likeness (QED) is 0.926. The molecule has 1 unspecified atom stereocenters. The molecular weight excluding hydrogens is 286 g/mol. The summed E-state index contributed by atoms with van der Waals surface area (Å²) in [6.45, 7) is 7.00. The van der Waals surface area contributed by atoms with E-state index >= 15 is 0 Å². The molecule has 116 valence electrons. The number of carbonyl (C=O) groups excluding carboxylic acids is 1. The summed E-state index contributed by atoms with van der Waals surface area (Å²) in [6.07, 6.45) is 2.89. The molecule has 21 heavy (non-hydrogen) atoms. The first-order valence-corrected chi connectivity index (χ1v) is 8.31. The van der Waals surface area contributed by atoms with Crippen molar-refractivity contribution in [1.29, 1.82) is 0 Å². The molecule has 2 heterocycles. The topological polar surface area (TPSA) is 57.6 Å². The first-order chi connectivity index (χ1) is 9.89. The molecule has 1 amide bonds. The lowest BCUT2D eigenvalue weighted by Gasteiger charge is -2.39. The molecule has 0 radical (unpaired) electrons. The van der Waals surface area contributed by atoms with Crippen molar-refractivity contribution >= 4 is 23.2 Å². The zero-order chi connectivity index (χ0) is 15.6. The minimum Gasteiger partial charge on any atom is -0.481 e. The number of likely N-dealkylation sites (tertiary alicyclic amines) is 1. The van der Waals surface area contributed by atoms with Gasteiger partial charge in [-0.1, -0.05) is 13.3 Å². The molecular formula is C16H23NO3S. The smallest absolute Gasteiger partial charge is 0.311 e. The number of nitrogens with zero attached hydrogens (tertiary/aromatic N) is 1. The summed E-state index contributed by atoms with van der Waals surface area (Å²) < 4.78 is 0. The third kappa shape index (κ3) is 3.12. The number of hydrogen-bond donors (Lipinski definition) is 1. The van der Waals surface area contributed by atoms with Crippen LogP contribution in [-0.2, 0) is 4.79 Å². The molecule has 1 N–H and O–H groups in total. The number of aliphatic carboxylic acids is 1. The van der Waals surface area contributed by atoms with Crippen molar-refractivity contribution in [3.05, 3.63) is 21.4 Å². The van der Waals surface area contributed by atoms with E-state index in [0.29, 0.717) is 25.9 Å². The van der Waals surface area contributed by atoms with Gasteiger partial charge < -0.3 is 10.0 Å². The van der Waals surface area contributed by atoms with Crippen molar-refractivity contribution in [2.75, 3.05) is 13.1 Å². The Bertz CT molecular complexity index is 528. The largest absolute Gasteiger partial charge is 0.481 e. The lowest BCUT2D eigenvalue weighted by molar-refractivity contribution is -0.152. The number of carboxylic acid groups (broad SMARTS) is 1. The number of piperidine rings is 1. The van der Waals surface area contributed by atoms with Crippen molar-refractivity contribution in [3.8, 4) is 0 Å². The Hall–Kier alpha value is -1.36. The second-order valence-electron chi connectivity index (χ2n) is 6.02. The van der Waals surface area contributed by atoms with Crippen LogP contribution in [0.25, 0.3) is 0 Å².